The van der Waals surface area contributed by atoms with Crippen LogP contribution in [-0.2, 0) is 46.6 Å². The number of esters is 2. The maximum absolute atomic E-state index is 13.0. The molecule has 20 heteroatoms. The minimum atomic E-state index is -4.94. The molecule has 8 N–H and O–H groups in total. The summed E-state index contributed by atoms with van der Waals surface area (Å²) in [4.78, 5) is 64.6. The zero-order valence-corrected chi connectivity index (χ0v) is 40.8. The zero-order chi connectivity index (χ0) is 48.1. The van der Waals surface area contributed by atoms with E-state index in [0.717, 1.165) is 56.2 Å². The molecule has 0 radical (unpaired) electrons. The molecule has 0 aliphatic rings. The van der Waals surface area contributed by atoms with E-state index in [4.69, 9.17) is 34.6 Å². The standard InChI is InChI=1S/C44H79NO16P2S/c1-4-5-6-7-8-9-10-11-14-17-20-23-28-41(40(47)27-25-29-42(48)49)64-35-39(45)44(51)57-33-38(34-60-63(55,56)59-32-37(46)31-58-62(52,53)54)61-43(50)30-24-21-18-15-12-13-16-19-22-26-36(2)3/h8-9,11,14,17,20,23,28,36-41,46-47H,4-7,10,12-13,15-16,18-19,21-22,24-27,29-35,45H2,1-3H3,(H,48,49)(H,55,56)(H2,52,53,54)/b9-8-,14-11-,20-17+,28-23+/t37-,38+,39-,40-,41+/m0/s1. The van der Waals surface area contributed by atoms with Crippen molar-refractivity contribution in [2.75, 3.05) is 32.2 Å². The molecule has 0 aromatic rings. The SMILES string of the molecule is CCCCC/C=C\C\C=C/C=C/C=C/[C@@H](SC[C@H](N)C(=O)OC[C@H](COP(=O)(O)OC[C@@H](O)COP(=O)(O)O)OC(=O)CCCCCCCCCCCC(C)C)[C@@H](O)CCCC(=O)O. The second-order valence-electron chi connectivity index (χ2n) is 16.0. The molecule has 0 amide bonds. The Morgan fingerprint density at radius 2 is 1.33 bits per heavy atom. The second-order valence-corrected chi connectivity index (χ2v) is 19.9. The number of unbranched alkanes of at least 4 members (excludes halogenated alkanes) is 11. The fraction of sp³-hybridized carbons (Fsp3) is 0.750. The fourth-order valence-corrected chi connectivity index (χ4v) is 8.08. The smallest absolute Gasteiger partial charge is 0.472 e. The summed E-state index contributed by atoms with van der Waals surface area (Å²) in [6.45, 7) is 3.40. The Morgan fingerprint density at radius 1 is 0.703 bits per heavy atom. The highest BCUT2D eigenvalue weighted by atomic mass is 32.2. The van der Waals surface area contributed by atoms with Crippen molar-refractivity contribution in [2.45, 2.75) is 172 Å². The van der Waals surface area contributed by atoms with E-state index in [1.54, 1.807) is 18.2 Å². The molecule has 17 nitrogen and oxygen atoms in total. The summed E-state index contributed by atoms with van der Waals surface area (Å²) in [5, 5.41) is 29.2. The van der Waals surface area contributed by atoms with Crippen LogP contribution < -0.4 is 5.73 Å². The number of carboxylic acid groups (broad SMARTS) is 1. The number of aliphatic hydroxyl groups excluding tert-OH is 2. The lowest BCUT2D eigenvalue weighted by molar-refractivity contribution is -0.161. The highest BCUT2D eigenvalue weighted by Crippen LogP contribution is 2.44. The molecule has 1 unspecified atom stereocenters. The van der Waals surface area contributed by atoms with E-state index in [1.165, 1.54) is 51.4 Å². The number of aliphatic hydroxyl groups is 2. The number of hydrogen-bond donors (Lipinski definition) is 7. The van der Waals surface area contributed by atoms with Crippen LogP contribution in [0.2, 0.25) is 0 Å². The zero-order valence-electron chi connectivity index (χ0n) is 38.2. The van der Waals surface area contributed by atoms with E-state index >= 15 is 0 Å². The molecule has 6 atom stereocenters. The topological polar surface area (TPSA) is 279 Å². The van der Waals surface area contributed by atoms with Gasteiger partial charge in [0.1, 0.15) is 18.8 Å². The van der Waals surface area contributed by atoms with E-state index < -0.39 is 89.6 Å². The molecule has 0 heterocycles. The highest BCUT2D eigenvalue weighted by molar-refractivity contribution is 8.00. The Morgan fingerprint density at radius 3 is 1.97 bits per heavy atom. The van der Waals surface area contributed by atoms with Crippen LogP contribution in [0.3, 0.4) is 0 Å². The number of ether oxygens (including phenoxy) is 2. The Kier molecular flexibility index (Phi) is 37.6. The fourth-order valence-electron chi connectivity index (χ4n) is 5.80. The third kappa shape index (κ3) is 40.1. The van der Waals surface area contributed by atoms with Crippen LogP contribution in [0.15, 0.2) is 48.6 Å². The molecule has 0 aliphatic carbocycles. The third-order valence-corrected chi connectivity index (χ3v) is 12.2. The van der Waals surface area contributed by atoms with Gasteiger partial charge >= 0.3 is 33.6 Å². The minimum Gasteiger partial charge on any atom is -0.481 e. The summed E-state index contributed by atoms with van der Waals surface area (Å²) >= 11 is 1.16. The monoisotopic (exact) mass is 971 g/mol. The molecule has 0 aliphatic heterocycles. The molecule has 0 aromatic carbocycles. The summed E-state index contributed by atoms with van der Waals surface area (Å²) in [5.41, 5.74) is 6.15. The number of aliphatic carboxylic acids is 1. The van der Waals surface area contributed by atoms with Gasteiger partial charge < -0.3 is 45.2 Å². The van der Waals surface area contributed by atoms with E-state index in [0.29, 0.717) is 6.42 Å². The van der Waals surface area contributed by atoms with Gasteiger partial charge in [-0.05, 0) is 44.4 Å². The van der Waals surface area contributed by atoms with Gasteiger partial charge in [-0.1, -0.05) is 140 Å². The van der Waals surface area contributed by atoms with Gasteiger partial charge in [0.15, 0.2) is 6.10 Å². The summed E-state index contributed by atoms with van der Waals surface area (Å²) in [5.74, 6) is -1.86. The van der Waals surface area contributed by atoms with Crippen molar-refractivity contribution in [1.82, 2.24) is 0 Å². The molecule has 0 saturated heterocycles. The third-order valence-electron chi connectivity index (χ3n) is 9.38. The molecular formula is C44H79NO16P2S. The molecular weight excluding hydrogens is 892 g/mol. The minimum absolute atomic E-state index is 0.0229. The molecule has 0 fully saturated rings. The molecule has 372 valence electrons. The number of carbonyl (C=O) groups excluding carboxylic acids is 2. The van der Waals surface area contributed by atoms with Crippen molar-refractivity contribution in [3.63, 3.8) is 0 Å². The van der Waals surface area contributed by atoms with Gasteiger partial charge in [-0.2, -0.15) is 0 Å². The van der Waals surface area contributed by atoms with Gasteiger partial charge in [0.05, 0.1) is 25.9 Å². The first-order valence-electron chi connectivity index (χ1n) is 22.6. The van der Waals surface area contributed by atoms with Crippen molar-refractivity contribution >= 4 is 45.3 Å². The molecule has 64 heavy (non-hydrogen) atoms. The largest absolute Gasteiger partial charge is 0.481 e. The van der Waals surface area contributed by atoms with Gasteiger partial charge in [-0.3, -0.25) is 28.0 Å². The number of allylic oxidation sites excluding steroid dienone is 7. The highest BCUT2D eigenvalue weighted by Gasteiger charge is 2.29. The number of phosphoric acid groups is 2. The van der Waals surface area contributed by atoms with Crippen LogP contribution in [-0.4, -0.2) is 110 Å². The predicted octanol–water partition coefficient (Wildman–Crippen LogP) is 8.23. The number of hydrogen-bond acceptors (Lipinski definition) is 14. The van der Waals surface area contributed by atoms with Crippen LogP contribution in [0.1, 0.15) is 143 Å². The van der Waals surface area contributed by atoms with Crippen LogP contribution in [0, 0.1) is 5.92 Å². The van der Waals surface area contributed by atoms with Crippen molar-refractivity contribution in [2.24, 2.45) is 11.7 Å². The Hall–Kier alpha value is -2.18. The maximum atomic E-state index is 13.0. The molecule has 0 rings (SSSR count). The molecule has 0 saturated carbocycles. The number of thioether (sulfide) groups is 1. The predicted molar refractivity (Wildman–Crippen MR) is 249 cm³/mol. The molecule has 0 aromatic heterocycles. The van der Waals surface area contributed by atoms with E-state index in [-0.39, 0.29) is 31.4 Å². The normalized spacial score (nSPS) is 15.8. The first kappa shape index (κ1) is 61.8. The van der Waals surface area contributed by atoms with Crippen LogP contribution in [0.5, 0.6) is 0 Å². The number of phosphoric ester groups is 2. The van der Waals surface area contributed by atoms with E-state index in [2.05, 4.69) is 42.0 Å². The Balaban J connectivity index is 5.40. The van der Waals surface area contributed by atoms with Gasteiger partial charge in [0.25, 0.3) is 0 Å². The first-order valence-corrected chi connectivity index (χ1v) is 26.7. The lowest BCUT2D eigenvalue weighted by Gasteiger charge is -2.22. The van der Waals surface area contributed by atoms with Gasteiger partial charge in [-0.15, -0.1) is 11.8 Å². The summed E-state index contributed by atoms with van der Waals surface area (Å²) in [7, 11) is -9.86. The number of nitrogens with two attached hydrogens (primary N) is 1. The lowest BCUT2D eigenvalue weighted by Crippen LogP contribution is -2.38. The van der Waals surface area contributed by atoms with Crippen molar-refractivity contribution in [1.29, 1.82) is 0 Å². The van der Waals surface area contributed by atoms with Crippen molar-refractivity contribution in [3.8, 4) is 0 Å². The molecule has 0 spiro atoms. The van der Waals surface area contributed by atoms with Crippen LogP contribution >= 0.6 is 27.4 Å². The first-order chi connectivity index (χ1) is 30.3. The summed E-state index contributed by atoms with van der Waals surface area (Å²) < 4.78 is 47.9. The summed E-state index contributed by atoms with van der Waals surface area (Å²) in [6.07, 6.45) is 27.5. The summed E-state index contributed by atoms with van der Waals surface area (Å²) in [6, 6.07) is -1.22. The number of carboxylic acids is 1. The molecule has 0 bridgehead atoms. The van der Waals surface area contributed by atoms with Gasteiger partial charge in [-0.25, -0.2) is 9.13 Å². The van der Waals surface area contributed by atoms with Crippen molar-refractivity contribution < 1.29 is 76.6 Å². The van der Waals surface area contributed by atoms with Crippen molar-refractivity contribution in [3.05, 3.63) is 48.6 Å². The van der Waals surface area contributed by atoms with Crippen LogP contribution in [0.25, 0.3) is 0 Å². The van der Waals surface area contributed by atoms with E-state index in [1.807, 2.05) is 18.2 Å². The second kappa shape index (κ2) is 38.9. The maximum Gasteiger partial charge on any atom is 0.472 e. The quantitative estimate of drug-likeness (QED) is 0.00997. The van der Waals surface area contributed by atoms with E-state index in [9.17, 15) is 38.6 Å². The number of rotatable bonds is 42. The Labute approximate surface area is 385 Å². The van der Waals surface area contributed by atoms with Crippen LogP contribution in [0.4, 0.5) is 0 Å². The van der Waals surface area contributed by atoms with Gasteiger partial charge in [0.2, 0.25) is 0 Å². The number of carbonyl (C=O) groups is 3. The average Bonchev–Trinajstić information content (AvgIpc) is 3.22. The lowest BCUT2D eigenvalue weighted by atomic mass is 10.0. The Bertz CT molecular complexity index is 1460. The van der Waals surface area contributed by atoms with Gasteiger partial charge in [0, 0.05) is 23.8 Å². The average molecular weight is 972 g/mol.